The summed E-state index contributed by atoms with van der Waals surface area (Å²) in [6.45, 7) is 2.13. The monoisotopic (exact) mass is 220 g/mol. The molecular formula is C11H12N2OS. The number of hydrogen-bond donors (Lipinski definition) is 1. The lowest BCUT2D eigenvalue weighted by atomic mass is 10.1. The van der Waals surface area contributed by atoms with Crippen LogP contribution in [0.2, 0.25) is 0 Å². The number of nitrogens with zero attached hydrogens (tertiary/aromatic N) is 1. The van der Waals surface area contributed by atoms with E-state index in [0.29, 0.717) is 4.64 Å². The van der Waals surface area contributed by atoms with Gasteiger partial charge in [-0.25, -0.2) is 4.98 Å². The molecule has 0 spiro atoms. The maximum Gasteiger partial charge on any atom is 0.133 e. The molecule has 2 aromatic heterocycles. The van der Waals surface area contributed by atoms with Crippen molar-refractivity contribution < 1.29 is 4.42 Å². The maximum absolute atomic E-state index is 5.22. The summed E-state index contributed by atoms with van der Waals surface area (Å²) in [4.78, 5) is 7.22. The van der Waals surface area contributed by atoms with Gasteiger partial charge in [-0.2, -0.15) is 0 Å². The van der Waals surface area contributed by atoms with Crippen LogP contribution < -0.4 is 0 Å². The Bertz CT molecular complexity index is 488. The summed E-state index contributed by atoms with van der Waals surface area (Å²) < 4.78 is 5.74. The van der Waals surface area contributed by atoms with Crippen molar-refractivity contribution in [2.75, 3.05) is 0 Å². The highest BCUT2D eigenvalue weighted by Gasteiger charge is 2.07. The van der Waals surface area contributed by atoms with E-state index < -0.39 is 0 Å². The van der Waals surface area contributed by atoms with E-state index in [0.717, 1.165) is 29.7 Å². The second-order valence-corrected chi connectivity index (χ2v) is 3.71. The first kappa shape index (κ1) is 10.1. The first-order valence-electron chi connectivity index (χ1n) is 4.92. The minimum atomic E-state index is 0.673. The smallest absolute Gasteiger partial charge is 0.133 e. The van der Waals surface area contributed by atoms with Crippen molar-refractivity contribution in [1.82, 2.24) is 9.97 Å². The van der Waals surface area contributed by atoms with E-state index in [9.17, 15) is 0 Å². The lowest BCUT2D eigenvalue weighted by molar-refractivity contribution is 0.568. The molecule has 0 saturated carbocycles. The van der Waals surface area contributed by atoms with E-state index in [1.807, 2.05) is 6.07 Å². The molecule has 0 radical (unpaired) electrons. The average Bonchev–Trinajstić information content (AvgIpc) is 2.74. The topological polar surface area (TPSA) is 41.8 Å². The normalized spacial score (nSPS) is 10.5. The largest absolute Gasteiger partial charge is 0.472 e. The third-order valence-electron chi connectivity index (χ3n) is 2.26. The van der Waals surface area contributed by atoms with Crippen molar-refractivity contribution in [1.29, 1.82) is 0 Å². The van der Waals surface area contributed by atoms with Crippen LogP contribution in [0.3, 0.4) is 0 Å². The molecule has 0 amide bonds. The van der Waals surface area contributed by atoms with E-state index in [1.54, 1.807) is 18.9 Å². The maximum atomic E-state index is 5.22. The highest BCUT2D eigenvalue weighted by Crippen LogP contribution is 2.22. The van der Waals surface area contributed by atoms with Gasteiger partial charge in [0.15, 0.2) is 0 Å². The van der Waals surface area contributed by atoms with Crippen LogP contribution >= 0.6 is 12.2 Å². The molecule has 3 nitrogen and oxygen atoms in total. The molecule has 0 fully saturated rings. The molecule has 4 heteroatoms. The van der Waals surface area contributed by atoms with E-state index in [4.69, 9.17) is 16.6 Å². The highest BCUT2D eigenvalue weighted by molar-refractivity contribution is 7.71. The second-order valence-electron chi connectivity index (χ2n) is 3.32. The minimum absolute atomic E-state index is 0.673. The number of furan rings is 1. The number of aromatic nitrogens is 2. The van der Waals surface area contributed by atoms with Crippen LogP contribution in [0.5, 0.6) is 0 Å². The molecule has 0 aliphatic rings. The molecule has 2 aromatic rings. The number of rotatable bonds is 3. The lowest BCUT2D eigenvalue weighted by Crippen LogP contribution is -1.95. The van der Waals surface area contributed by atoms with Gasteiger partial charge in [-0.3, -0.25) is 0 Å². The van der Waals surface area contributed by atoms with Gasteiger partial charge in [-0.05, 0) is 12.5 Å². The third kappa shape index (κ3) is 1.99. The first-order chi connectivity index (χ1) is 7.33. The molecule has 0 saturated heterocycles. The SMILES string of the molecule is CCCc1c(-c2ccoc2)[nH]cnc1=S. The molecule has 2 rings (SSSR count). The number of H-pyrrole nitrogens is 1. The molecule has 15 heavy (non-hydrogen) atoms. The third-order valence-corrected chi connectivity index (χ3v) is 2.61. The van der Waals surface area contributed by atoms with Crippen LogP contribution in [0, 0.1) is 4.64 Å². The molecule has 2 heterocycles. The van der Waals surface area contributed by atoms with Crippen molar-refractivity contribution in [2.45, 2.75) is 19.8 Å². The zero-order valence-electron chi connectivity index (χ0n) is 8.49. The van der Waals surface area contributed by atoms with Crippen molar-refractivity contribution in [3.05, 3.63) is 35.1 Å². The van der Waals surface area contributed by atoms with Gasteiger partial charge in [0.2, 0.25) is 0 Å². The summed E-state index contributed by atoms with van der Waals surface area (Å²) in [6, 6.07) is 1.92. The Morgan fingerprint density at radius 3 is 3.07 bits per heavy atom. The first-order valence-corrected chi connectivity index (χ1v) is 5.33. The Labute approximate surface area is 93.2 Å². The fourth-order valence-electron chi connectivity index (χ4n) is 1.57. The highest BCUT2D eigenvalue weighted by atomic mass is 32.1. The van der Waals surface area contributed by atoms with E-state index in [1.165, 1.54) is 0 Å². The Hall–Kier alpha value is -1.42. The molecule has 0 unspecified atom stereocenters. The zero-order chi connectivity index (χ0) is 10.7. The summed E-state index contributed by atoms with van der Waals surface area (Å²) in [6.07, 6.45) is 6.98. The quantitative estimate of drug-likeness (QED) is 0.806. The standard InChI is InChI=1S/C11H12N2OS/c1-2-3-9-10(8-4-5-14-6-8)12-7-13-11(9)15/h4-7H,2-3H2,1H3,(H,12,13,15). The lowest BCUT2D eigenvalue weighted by Gasteiger charge is -2.05. The van der Waals surface area contributed by atoms with Gasteiger partial charge in [0, 0.05) is 11.1 Å². The van der Waals surface area contributed by atoms with E-state index in [-0.39, 0.29) is 0 Å². The minimum Gasteiger partial charge on any atom is -0.472 e. The van der Waals surface area contributed by atoms with Gasteiger partial charge in [0.25, 0.3) is 0 Å². The number of hydrogen-bond acceptors (Lipinski definition) is 3. The molecular weight excluding hydrogens is 208 g/mol. The van der Waals surface area contributed by atoms with Gasteiger partial charge in [-0.1, -0.05) is 25.6 Å². The fourth-order valence-corrected chi connectivity index (χ4v) is 1.83. The summed E-state index contributed by atoms with van der Waals surface area (Å²) in [5.74, 6) is 0. The molecule has 0 aliphatic heterocycles. The molecule has 0 aromatic carbocycles. The van der Waals surface area contributed by atoms with Crippen LogP contribution in [-0.2, 0) is 6.42 Å². The van der Waals surface area contributed by atoms with Gasteiger partial charge >= 0.3 is 0 Å². The van der Waals surface area contributed by atoms with Crippen LogP contribution in [0.25, 0.3) is 11.3 Å². The van der Waals surface area contributed by atoms with Gasteiger partial charge < -0.3 is 9.40 Å². The molecule has 78 valence electrons. The predicted octanol–water partition coefficient (Wildman–Crippen LogP) is 3.35. The Morgan fingerprint density at radius 1 is 1.53 bits per heavy atom. The zero-order valence-corrected chi connectivity index (χ0v) is 9.30. The molecule has 0 atom stereocenters. The second kappa shape index (κ2) is 4.40. The summed E-state index contributed by atoms with van der Waals surface area (Å²) in [5.41, 5.74) is 3.13. The van der Waals surface area contributed by atoms with Gasteiger partial charge in [0.05, 0.1) is 24.5 Å². The van der Waals surface area contributed by atoms with Crippen LogP contribution in [0.1, 0.15) is 18.9 Å². The average molecular weight is 220 g/mol. The predicted molar refractivity (Wildman–Crippen MR) is 61.1 cm³/mol. The molecule has 0 bridgehead atoms. The number of nitrogens with one attached hydrogen (secondary N) is 1. The van der Waals surface area contributed by atoms with Crippen molar-refractivity contribution in [2.24, 2.45) is 0 Å². The van der Waals surface area contributed by atoms with Gasteiger partial charge in [-0.15, -0.1) is 0 Å². The Balaban J connectivity index is 2.56. The summed E-state index contributed by atoms with van der Waals surface area (Å²) >= 11 is 5.22. The van der Waals surface area contributed by atoms with E-state index >= 15 is 0 Å². The Morgan fingerprint density at radius 2 is 2.40 bits per heavy atom. The Kier molecular flexibility index (Phi) is 2.97. The van der Waals surface area contributed by atoms with Gasteiger partial charge in [0.1, 0.15) is 4.64 Å². The molecule has 1 N–H and O–H groups in total. The van der Waals surface area contributed by atoms with Crippen molar-refractivity contribution in [3.8, 4) is 11.3 Å². The van der Waals surface area contributed by atoms with Crippen LogP contribution in [0.15, 0.2) is 29.3 Å². The number of aromatic amines is 1. The molecule has 0 aliphatic carbocycles. The summed E-state index contributed by atoms with van der Waals surface area (Å²) in [5, 5.41) is 0. The summed E-state index contributed by atoms with van der Waals surface area (Å²) in [7, 11) is 0. The van der Waals surface area contributed by atoms with E-state index in [2.05, 4.69) is 16.9 Å². The van der Waals surface area contributed by atoms with Crippen molar-refractivity contribution in [3.63, 3.8) is 0 Å². The fraction of sp³-hybridized carbons (Fsp3) is 0.273. The van der Waals surface area contributed by atoms with Crippen LogP contribution in [0.4, 0.5) is 0 Å². The van der Waals surface area contributed by atoms with Crippen LogP contribution in [-0.4, -0.2) is 9.97 Å². The van der Waals surface area contributed by atoms with Crippen molar-refractivity contribution >= 4 is 12.2 Å².